The zero-order valence-electron chi connectivity index (χ0n) is 45.9. The van der Waals surface area contributed by atoms with Crippen molar-refractivity contribution in [3.05, 3.63) is 285 Å². The van der Waals surface area contributed by atoms with Crippen molar-refractivity contribution in [1.82, 2.24) is 4.57 Å². The Morgan fingerprint density at radius 3 is 1.41 bits per heavy atom. The number of benzene rings is 13. The molecule has 16 rings (SSSR count). The van der Waals surface area contributed by atoms with E-state index in [9.17, 15) is 0 Å². The van der Waals surface area contributed by atoms with E-state index in [1.165, 1.54) is 153 Å². The van der Waals surface area contributed by atoms with Gasteiger partial charge >= 0.3 is 0 Å². The molecule has 1 aromatic heterocycles. The van der Waals surface area contributed by atoms with Gasteiger partial charge in [0.25, 0.3) is 0 Å². The van der Waals surface area contributed by atoms with Crippen molar-refractivity contribution in [3.8, 4) is 61.3 Å². The van der Waals surface area contributed by atoms with Crippen LogP contribution in [0.5, 0.6) is 0 Å². The maximum Gasteiger partial charge on any atom is 0.249 e. The molecule has 0 saturated heterocycles. The quantitative estimate of drug-likeness (QED) is 0.116. The molecule has 0 fully saturated rings. The van der Waals surface area contributed by atoms with E-state index in [-0.39, 0.29) is 12.1 Å². The SMILES string of the molecule is CC(C)(C)c1cc2c3c(c1)N(c1c(-c4ccccc4)cccc1-c1ccccc1)c1cc(-c4ccc5c(-c6ccccc6)c6ccccc6c(-c6ccccc6)c5c4)ccc1B3c1ccc(-n3c4ccccc4c4ccccc43)cc1S2. The fourth-order valence-corrected chi connectivity index (χ4v) is 14.8. The molecule has 0 atom stereocenters. The van der Waals surface area contributed by atoms with Crippen molar-refractivity contribution in [2.45, 2.75) is 36.0 Å². The Kier molecular flexibility index (Phi) is 11.2. The molecule has 2 aliphatic rings. The third kappa shape index (κ3) is 7.66. The average molecular weight is 1060 g/mol. The van der Waals surface area contributed by atoms with Crippen LogP contribution in [-0.2, 0) is 5.41 Å². The zero-order valence-corrected chi connectivity index (χ0v) is 46.8. The Morgan fingerprint density at radius 1 is 0.341 bits per heavy atom. The van der Waals surface area contributed by atoms with Gasteiger partial charge in [-0.25, -0.2) is 0 Å². The van der Waals surface area contributed by atoms with E-state index in [2.05, 4.69) is 309 Å². The molecule has 3 heterocycles. The second kappa shape index (κ2) is 19.0. The third-order valence-electron chi connectivity index (χ3n) is 17.4. The number of para-hydroxylation sites is 3. The molecule has 0 bridgehead atoms. The summed E-state index contributed by atoms with van der Waals surface area (Å²) in [5, 5.41) is 7.51. The molecule has 4 heteroatoms. The molecule has 2 nitrogen and oxygen atoms in total. The van der Waals surface area contributed by atoms with Crippen LogP contribution in [0.1, 0.15) is 26.3 Å². The van der Waals surface area contributed by atoms with Crippen molar-refractivity contribution >= 4 is 95.3 Å². The highest BCUT2D eigenvalue weighted by Gasteiger charge is 2.43. The van der Waals surface area contributed by atoms with E-state index >= 15 is 0 Å². The Morgan fingerprint density at radius 2 is 0.829 bits per heavy atom. The predicted octanol–water partition coefficient (Wildman–Crippen LogP) is 19.5. The average Bonchev–Trinajstić information content (AvgIpc) is 1.49. The van der Waals surface area contributed by atoms with Gasteiger partial charge in [0, 0.05) is 48.8 Å². The van der Waals surface area contributed by atoms with Gasteiger partial charge in [0.2, 0.25) is 6.71 Å². The Balaban J connectivity index is 0.987. The van der Waals surface area contributed by atoms with Gasteiger partial charge in [0.05, 0.1) is 16.7 Å². The Bertz CT molecular complexity index is 4760. The van der Waals surface area contributed by atoms with Crippen LogP contribution in [0, 0.1) is 0 Å². The third-order valence-corrected chi connectivity index (χ3v) is 18.5. The van der Waals surface area contributed by atoms with E-state index in [4.69, 9.17) is 0 Å². The lowest BCUT2D eigenvalue weighted by atomic mass is 9.34. The van der Waals surface area contributed by atoms with Crippen molar-refractivity contribution in [2.75, 3.05) is 4.90 Å². The first-order valence-corrected chi connectivity index (χ1v) is 29.4. The number of rotatable bonds is 7. The smallest absolute Gasteiger partial charge is 0.249 e. The molecular formula is C78H55BN2S. The highest BCUT2D eigenvalue weighted by atomic mass is 32.2. The van der Waals surface area contributed by atoms with Gasteiger partial charge in [-0.2, -0.15) is 0 Å². The van der Waals surface area contributed by atoms with E-state index in [1.54, 1.807) is 0 Å². The minimum atomic E-state index is -0.147. The first-order valence-electron chi connectivity index (χ1n) is 28.6. The van der Waals surface area contributed by atoms with Crippen LogP contribution in [-0.4, -0.2) is 11.3 Å². The summed E-state index contributed by atoms with van der Waals surface area (Å²) < 4.78 is 2.46. The molecule has 0 radical (unpaired) electrons. The fourth-order valence-electron chi connectivity index (χ4n) is 13.6. The zero-order chi connectivity index (χ0) is 54.6. The summed E-state index contributed by atoms with van der Waals surface area (Å²) in [7, 11) is 0. The molecule has 14 aromatic rings. The molecule has 0 amide bonds. The highest BCUT2D eigenvalue weighted by molar-refractivity contribution is 8.00. The van der Waals surface area contributed by atoms with Gasteiger partial charge in [0.1, 0.15) is 0 Å². The number of hydrogen-bond donors (Lipinski definition) is 0. The predicted molar refractivity (Wildman–Crippen MR) is 352 cm³/mol. The van der Waals surface area contributed by atoms with Crippen molar-refractivity contribution in [2.24, 2.45) is 0 Å². The van der Waals surface area contributed by atoms with Crippen LogP contribution in [0.15, 0.2) is 289 Å². The van der Waals surface area contributed by atoms with Gasteiger partial charge in [0.15, 0.2) is 0 Å². The maximum absolute atomic E-state index is 2.67. The lowest BCUT2D eigenvalue weighted by Gasteiger charge is -2.42. The summed E-state index contributed by atoms with van der Waals surface area (Å²) in [6, 6.07) is 105. The summed E-state index contributed by atoms with van der Waals surface area (Å²) in [5.41, 5.74) is 24.3. The lowest BCUT2D eigenvalue weighted by molar-refractivity contribution is 0.589. The van der Waals surface area contributed by atoms with Crippen LogP contribution in [0.2, 0.25) is 0 Å². The first kappa shape index (κ1) is 48.3. The standard InChI is InChI=1S/C78H55BN2S/c1-78(2,3)56-47-71-76-73(48-56)82-72-49-57(80-68-37-20-18-31-60(68)61-32-19-21-38-69(61)80)41-44-67(72)79(76)66-43-40-55(46-70(66)81(71)77-58(50-23-8-4-9-24-50)35-22-36-59(77)51-25-10-5-11-26-51)54-39-42-64-65(45-54)75(53-29-14-7-15-30-53)63-34-17-16-33-62(63)74(64)52-27-12-6-13-28-52/h4-49H,1-3H3. The second-order valence-electron chi connectivity index (χ2n) is 23.1. The van der Waals surface area contributed by atoms with Crippen LogP contribution in [0.4, 0.5) is 17.1 Å². The minimum Gasteiger partial charge on any atom is -0.310 e. The van der Waals surface area contributed by atoms with Crippen molar-refractivity contribution < 1.29 is 0 Å². The van der Waals surface area contributed by atoms with Gasteiger partial charge < -0.3 is 9.47 Å². The molecule has 0 aliphatic carbocycles. The van der Waals surface area contributed by atoms with E-state index in [0.29, 0.717) is 0 Å². The molecular weight excluding hydrogens is 1010 g/mol. The molecule has 0 saturated carbocycles. The molecule has 2 aliphatic heterocycles. The van der Waals surface area contributed by atoms with E-state index in [1.807, 2.05) is 11.8 Å². The maximum atomic E-state index is 2.67. The van der Waals surface area contributed by atoms with E-state index < -0.39 is 0 Å². The Labute approximate surface area is 483 Å². The van der Waals surface area contributed by atoms with Crippen LogP contribution in [0.25, 0.3) is 105 Å². The van der Waals surface area contributed by atoms with Crippen molar-refractivity contribution in [3.63, 3.8) is 0 Å². The molecule has 386 valence electrons. The molecule has 13 aromatic carbocycles. The minimum absolute atomic E-state index is 0.0343. The normalized spacial score (nSPS) is 12.7. The second-order valence-corrected chi connectivity index (χ2v) is 24.2. The highest BCUT2D eigenvalue weighted by Crippen LogP contribution is 2.52. The number of anilines is 3. The first-order chi connectivity index (χ1) is 40.3. The topological polar surface area (TPSA) is 8.17 Å². The van der Waals surface area contributed by atoms with Crippen LogP contribution < -0.4 is 21.3 Å². The van der Waals surface area contributed by atoms with E-state index in [0.717, 1.165) is 0 Å². The summed E-state index contributed by atoms with van der Waals surface area (Å²) >= 11 is 1.94. The summed E-state index contributed by atoms with van der Waals surface area (Å²) in [5.74, 6) is 0. The fraction of sp³-hybridized carbons (Fsp3) is 0.0513. The molecule has 0 N–H and O–H groups in total. The van der Waals surface area contributed by atoms with Gasteiger partial charge in [-0.1, -0.05) is 269 Å². The number of hydrogen-bond acceptors (Lipinski definition) is 2. The molecule has 82 heavy (non-hydrogen) atoms. The summed E-state index contributed by atoms with van der Waals surface area (Å²) in [6.45, 7) is 7.06. The number of aromatic nitrogens is 1. The van der Waals surface area contributed by atoms with Gasteiger partial charge in [-0.15, -0.1) is 0 Å². The van der Waals surface area contributed by atoms with Gasteiger partial charge in [-0.3, -0.25) is 0 Å². The number of fused-ring (bicyclic) bond motifs is 9. The largest absolute Gasteiger partial charge is 0.310 e. The lowest BCUT2D eigenvalue weighted by Crippen LogP contribution is -2.60. The molecule has 0 unspecified atom stereocenters. The Hall–Kier alpha value is -9.61. The summed E-state index contributed by atoms with van der Waals surface area (Å²) in [4.78, 5) is 5.27. The van der Waals surface area contributed by atoms with Crippen molar-refractivity contribution in [1.29, 1.82) is 0 Å². The van der Waals surface area contributed by atoms with Crippen LogP contribution in [0.3, 0.4) is 0 Å². The van der Waals surface area contributed by atoms with Crippen LogP contribution >= 0.6 is 11.8 Å². The van der Waals surface area contributed by atoms with Gasteiger partial charge in [-0.05, 0) is 136 Å². The number of nitrogens with zero attached hydrogens (tertiary/aromatic N) is 2. The molecule has 0 spiro atoms. The monoisotopic (exact) mass is 1060 g/mol. The summed E-state index contributed by atoms with van der Waals surface area (Å²) in [6.07, 6.45) is 0.